The highest BCUT2D eigenvalue weighted by molar-refractivity contribution is 7.83. The maximum absolute atomic E-state index is 12.4. The molecule has 0 fully saturated rings. The van der Waals surface area contributed by atoms with E-state index in [4.69, 9.17) is 5.73 Å². The lowest BCUT2D eigenvalue weighted by Crippen LogP contribution is -2.12. The lowest BCUT2D eigenvalue weighted by Gasteiger charge is -2.13. The van der Waals surface area contributed by atoms with Crippen LogP contribution in [0.15, 0.2) is 0 Å². The van der Waals surface area contributed by atoms with Gasteiger partial charge in [-0.15, -0.1) is 0 Å². The Morgan fingerprint density at radius 2 is 1.88 bits per heavy atom. The van der Waals surface area contributed by atoms with Crippen LogP contribution in [0, 0.1) is 6.92 Å². The number of hydrogen-bond acceptors (Lipinski definition) is 4. The molecule has 92 valence electrons. The van der Waals surface area contributed by atoms with E-state index in [0.717, 1.165) is 11.4 Å². The predicted octanol–water partition coefficient (Wildman–Crippen LogP) is 1.38. The molecule has 0 radical (unpaired) electrons. The topological polar surface area (TPSA) is 88.8 Å². The van der Waals surface area contributed by atoms with Crippen molar-refractivity contribution < 1.29 is 9.13 Å². The molecule has 1 heterocycles. The number of rotatable bonds is 4. The summed E-state index contributed by atoms with van der Waals surface area (Å²) in [5.74, 6) is 0.205. The van der Waals surface area contributed by atoms with Gasteiger partial charge in [0.15, 0.2) is 12.7 Å². The molecule has 1 aromatic rings. The van der Waals surface area contributed by atoms with E-state index in [1.807, 2.05) is 6.92 Å². The van der Waals surface area contributed by atoms with Crippen LogP contribution in [0.4, 0.5) is 0 Å². The van der Waals surface area contributed by atoms with E-state index in [1.165, 1.54) is 0 Å². The van der Waals surface area contributed by atoms with Crippen molar-refractivity contribution >= 4 is 19.8 Å². The summed E-state index contributed by atoms with van der Waals surface area (Å²) >= 11 is 0. The van der Waals surface area contributed by atoms with Crippen LogP contribution in [-0.2, 0) is 15.7 Å². The summed E-state index contributed by atoms with van der Waals surface area (Å²) in [7, 11) is -4.99. The first-order valence-electron chi connectivity index (χ1n) is 5.02. The van der Waals surface area contributed by atoms with Crippen LogP contribution in [0.1, 0.15) is 11.4 Å². The van der Waals surface area contributed by atoms with Crippen LogP contribution in [0.5, 0.6) is 0 Å². The number of hydrogen-bond donors (Lipinski definition) is 2. The van der Waals surface area contributed by atoms with Gasteiger partial charge < -0.3 is 19.8 Å². The van der Waals surface area contributed by atoms with E-state index in [0.29, 0.717) is 12.1 Å². The summed E-state index contributed by atoms with van der Waals surface area (Å²) < 4.78 is 24.1. The second-order valence-corrected chi connectivity index (χ2v) is 11.6. The molecule has 0 aliphatic rings. The number of nitrogens with two attached hydrogens (primary N) is 1. The van der Waals surface area contributed by atoms with Gasteiger partial charge in [-0.1, -0.05) is 0 Å². The Morgan fingerprint density at radius 1 is 1.31 bits per heavy atom. The molecule has 0 aliphatic heterocycles. The third-order valence-electron chi connectivity index (χ3n) is 2.22. The quantitative estimate of drug-likeness (QED) is 0.803. The zero-order chi connectivity index (χ0) is 12.6. The number of aryl methyl sites for hydroxylation is 1. The van der Waals surface area contributed by atoms with E-state index in [-0.39, 0.29) is 5.90 Å². The maximum Gasteiger partial charge on any atom is 0.167 e. The fourth-order valence-corrected chi connectivity index (χ4v) is 8.09. The molecule has 1 unspecified atom stereocenters. The average molecular weight is 263 g/mol. The van der Waals surface area contributed by atoms with Gasteiger partial charge in [-0.05, 0) is 26.9 Å². The van der Waals surface area contributed by atoms with Crippen molar-refractivity contribution in [3.8, 4) is 0 Å². The highest BCUT2D eigenvalue weighted by atomic mass is 31.2. The molecule has 0 aromatic carbocycles. The molecule has 0 spiro atoms. The second-order valence-electron chi connectivity index (χ2n) is 4.65. The zero-order valence-electron chi connectivity index (χ0n) is 10.1. The van der Waals surface area contributed by atoms with E-state index in [9.17, 15) is 9.13 Å². The van der Waals surface area contributed by atoms with E-state index in [1.54, 1.807) is 20.0 Å². The van der Waals surface area contributed by atoms with Gasteiger partial charge in [0.25, 0.3) is 0 Å². The number of H-pyrrole nitrogens is 1. The normalized spacial score (nSPS) is 16.1. The number of nitrogens with zero attached hydrogens (tertiary/aromatic N) is 1. The first-order valence-corrected chi connectivity index (χ1v) is 10.1. The van der Waals surface area contributed by atoms with Crippen LogP contribution in [-0.4, -0.2) is 35.9 Å². The van der Waals surface area contributed by atoms with E-state index < -0.39 is 14.3 Å². The third-order valence-corrected chi connectivity index (χ3v) is 8.22. The molecule has 1 rings (SSSR count). The minimum atomic E-state index is -2.67. The number of imidazole rings is 1. The van der Waals surface area contributed by atoms with Crippen LogP contribution in [0.2, 0.25) is 0 Å². The molecular formula is C9H19N3O2P2. The van der Waals surface area contributed by atoms with Gasteiger partial charge in [0, 0.05) is 12.2 Å². The van der Waals surface area contributed by atoms with Crippen LogP contribution in [0.25, 0.3) is 0 Å². The molecule has 1 atom stereocenters. The van der Waals surface area contributed by atoms with Gasteiger partial charge >= 0.3 is 0 Å². The summed E-state index contributed by atoms with van der Waals surface area (Å²) in [5.41, 5.74) is 7.50. The van der Waals surface area contributed by atoms with Crippen molar-refractivity contribution in [3.05, 3.63) is 11.4 Å². The van der Waals surface area contributed by atoms with Gasteiger partial charge in [0.1, 0.15) is 0 Å². The minimum absolute atomic E-state index is 0.205. The molecule has 0 amide bonds. The summed E-state index contributed by atoms with van der Waals surface area (Å²) in [4.78, 5) is 7.20. The standard InChI is InChI=1S/C9H19N3O2P2/c1-7-8(5-10)12-9(11-7)16(4,14)6-15(2,3)13/h5-6,10H2,1-4H3,(H,11,12). The SMILES string of the molecule is Cc1[nH]c(P(C)(=O)CP(C)(C)=O)nc1CN. The molecule has 0 saturated carbocycles. The van der Waals surface area contributed by atoms with Crippen molar-refractivity contribution in [2.75, 3.05) is 25.9 Å². The lowest BCUT2D eigenvalue weighted by molar-refractivity contribution is 0.578. The molecule has 0 aliphatic carbocycles. The zero-order valence-corrected chi connectivity index (χ0v) is 11.9. The highest BCUT2D eigenvalue weighted by Crippen LogP contribution is 2.54. The van der Waals surface area contributed by atoms with Crippen LogP contribution >= 0.6 is 14.3 Å². The second kappa shape index (κ2) is 4.48. The predicted molar refractivity (Wildman–Crippen MR) is 68.7 cm³/mol. The monoisotopic (exact) mass is 263 g/mol. The fourth-order valence-electron chi connectivity index (χ4n) is 1.62. The maximum atomic E-state index is 12.4. The van der Waals surface area contributed by atoms with Gasteiger partial charge in [-0.2, -0.15) is 0 Å². The summed E-state index contributed by atoms with van der Waals surface area (Å²) in [6, 6.07) is 0. The number of aromatic nitrogens is 2. The number of nitrogens with one attached hydrogen (secondary N) is 1. The van der Waals surface area contributed by atoms with E-state index in [2.05, 4.69) is 9.97 Å². The molecule has 1 aromatic heterocycles. The van der Waals surface area contributed by atoms with Crippen molar-refractivity contribution in [1.29, 1.82) is 0 Å². The molecular weight excluding hydrogens is 244 g/mol. The minimum Gasteiger partial charge on any atom is -0.339 e. The first-order chi connectivity index (χ1) is 7.15. The highest BCUT2D eigenvalue weighted by Gasteiger charge is 2.28. The van der Waals surface area contributed by atoms with Crippen molar-refractivity contribution in [3.63, 3.8) is 0 Å². The number of aromatic amines is 1. The van der Waals surface area contributed by atoms with Crippen molar-refractivity contribution in [2.24, 2.45) is 5.73 Å². The molecule has 0 bridgehead atoms. The Kier molecular flexibility index (Phi) is 3.83. The van der Waals surface area contributed by atoms with Gasteiger partial charge in [0.2, 0.25) is 0 Å². The van der Waals surface area contributed by atoms with Crippen LogP contribution < -0.4 is 11.3 Å². The third kappa shape index (κ3) is 3.31. The van der Waals surface area contributed by atoms with Gasteiger partial charge in [0.05, 0.1) is 18.7 Å². The summed E-state index contributed by atoms with van der Waals surface area (Å²) in [6.07, 6.45) is 0. The molecule has 16 heavy (non-hydrogen) atoms. The Bertz CT molecular complexity index is 475. The average Bonchev–Trinajstić information content (AvgIpc) is 2.43. The molecule has 0 saturated heterocycles. The Labute approximate surface area is 96.0 Å². The summed E-state index contributed by atoms with van der Waals surface area (Å²) in [6.45, 7) is 7.06. The van der Waals surface area contributed by atoms with Crippen LogP contribution in [0.3, 0.4) is 0 Å². The largest absolute Gasteiger partial charge is 0.339 e. The fraction of sp³-hybridized carbons (Fsp3) is 0.667. The molecule has 3 N–H and O–H groups in total. The Morgan fingerprint density at radius 3 is 2.25 bits per heavy atom. The Balaban J connectivity index is 3.07. The lowest BCUT2D eigenvalue weighted by atomic mass is 10.4. The van der Waals surface area contributed by atoms with Crippen molar-refractivity contribution in [2.45, 2.75) is 13.5 Å². The summed E-state index contributed by atoms with van der Waals surface area (Å²) in [5, 5.41) is 0. The molecule has 5 nitrogen and oxygen atoms in total. The molecule has 7 heteroatoms. The first kappa shape index (κ1) is 13.7. The Hall–Kier alpha value is -0.370. The smallest absolute Gasteiger partial charge is 0.167 e. The van der Waals surface area contributed by atoms with E-state index >= 15 is 0 Å². The van der Waals surface area contributed by atoms with Crippen molar-refractivity contribution in [1.82, 2.24) is 9.97 Å². The van der Waals surface area contributed by atoms with Gasteiger partial charge in [-0.25, -0.2) is 4.98 Å². The van der Waals surface area contributed by atoms with Gasteiger partial charge in [-0.3, -0.25) is 0 Å².